The molecule has 0 saturated carbocycles. The van der Waals surface area contributed by atoms with Gasteiger partial charge in [-0.25, -0.2) is 4.99 Å². The molecular formula is C17H15NO. The van der Waals surface area contributed by atoms with E-state index in [0.717, 1.165) is 5.56 Å². The number of aliphatic imine (C=N–C) groups is 1. The minimum absolute atomic E-state index is 0.122. The van der Waals surface area contributed by atoms with Crippen LogP contribution in [0.5, 0.6) is 0 Å². The monoisotopic (exact) mass is 249 g/mol. The molecule has 2 aromatic carbocycles. The van der Waals surface area contributed by atoms with Gasteiger partial charge in [0.25, 0.3) is 0 Å². The van der Waals surface area contributed by atoms with Crippen LogP contribution in [-0.2, 0) is 4.74 Å². The van der Waals surface area contributed by atoms with Crippen LogP contribution in [0, 0.1) is 0 Å². The minimum atomic E-state index is 0.122. The zero-order valence-electron chi connectivity index (χ0n) is 10.6. The Morgan fingerprint density at radius 3 is 2.32 bits per heavy atom. The van der Waals surface area contributed by atoms with Gasteiger partial charge in [-0.3, -0.25) is 0 Å². The number of benzene rings is 2. The van der Waals surface area contributed by atoms with Crippen molar-refractivity contribution in [2.45, 2.75) is 6.04 Å². The van der Waals surface area contributed by atoms with Gasteiger partial charge in [-0.05, 0) is 17.2 Å². The lowest BCUT2D eigenvalue weighted by Crippen LogP contribution is -1.97. The van der Waals surface area contributed by atoms with Crippen LogP contribution >= 0.6 is 0 Å². The molecule has 0 unspecified atom stereocenters. The SMILES string of the molecule is C(=C\c1ccccc1)/C1=N[C@H](c2ccccc2)CO1. The Labute approximate surface area is 113 Å². The summed E-state index contributed by atoms with van der Waals surface area (Å²) in [6.07, 6.45) is 3.95. The molecule has 1 atom stereocenters. The molecule has 0 fully saturated rings. The highest BCUT2D eigenvalue weighted by Crippen LogP contribution is 2.23. The zero-order valence-corrected chi connectivity index (χ0v) is 10.6. The molecule has 0 aromatic heterocycles. The van der Waals surface area contributed by atoms with Crippen LogP contribution in [0.3, 0.4) is 0 Å². The molecule has 0 spiro atoms. The normalized spacial score (nSPS) is 18.3. The number of nitrogens with zero attached hydrogens (tertiary/aromatic N) is 1. The second-order valence-corrected chi connectivity index (χ2v) is 4.45. The van der Waals surface area contributed by atoms with Crippen LogP contribution in [0.15, 0.2) is 71.7 Å². The second-order valence-electron chi connectivity index (χ2n) is 4.45. The highest BCUT2D eigenvalue weighted by molar-refractivity contribution is 5.92. The van der Waals surface area contributed by atoms with Gasteiger partial charge in [0, 0.05) is 6.08 Å². The fourth-order valence-corrected chi connectivity index (χ4v) is 2.06. The maximum absolute atomic E-state index is 5.60. The summed E-state index contributed by atoms with van der Waals surface area (Å²) in [5.74, 6) is 0.706. The lowest BCUT2D eigenvalue weighted by molar-refractivity contribution is 0.321. The van der Waals surface area contributed by atoms with E-state index in [0.29, 0.717) is 12.5 Å². The van der Waals surface area contributed by atoms with Gasteiger partial charge in [0.05, 0.1) is 0 Å². The zero-order chi connectivity index (χ0) is 12.9. The van der Waals surface area contributed by atoms with Gasteiger partial charge in [0.15, 0.2) is 0 Å². The quantitative estimate of drug-likeness (QED) is 0.809. The Morgan fingerprint density at radius 1 is 0.895 bits per heavy atom. The molecule has 2 aromatic rings. The van der Waals surface area contributed by atoms with Crippen LogP contribution in [0.2, 0.25) is 0 Å². The molecule has 3 rings (SSSR count). The fourth-order valence-electron chi connectivity index (χ4n) is 2.06. The minimum Gasteiger partial charge on any atom is -0.475 e. The first kappa shape index (κ1) is 11.7. The van der Waals surface area contributed by atoms with Crippen LogP contribution < -0.4 is 0 Å². The van der Waals surface area contributed by atoms with E-state index in [1.807, 2.05) is 48.6 Å². The first-order valence-electron chi connectivity index (χ1n) is 6.40. The molecule has 0 saturated heterocycles. The van der Waals surface area contributed by atoms with Crippen molar-refractivity contribution in [1.82, 2.24) is 0 Å². The average molecular weight is 249 g/mol. The van der Waals surface area contributed by atoms with E-state index >= 15 is 0 Å². The van der Waals surface area contributed by atoms with Crippen LogP contribution in [0.4, 0.5) is 0 Å². The third-order valence-electron chi connectivity index (χ3n) is 3.07. The smallest absolute Gasteiger partial charge is 0.209 e. The summed E-state index contributed by atoms with van der Waals surface area (Å²) in [5, 5.41) is 0. The molecule has 2 nitrogen and oxygen atoms in total. The molecule has 19 heavy (non-hydrogen) atoms. The van der Waals surface area contributed by atoms with Crippen molar-refractivity contribution >= 4 is 12.0 Å². The van der Waals surface area contributed by atoms with Crippen molar-refractivity contribution in [3.05, 3.63) is 77.9 Å². The standard InChI is InChI=1S/C17H15NO/c1-3-7-14(8-4-1)11-12-17-18-16(13-19-17)15-9-5-2-6-10-15/h1-12,16H,13H2/b12-11+/t16-/m0/s1. The molecule has 0 bridgehead atoms. The summed E-state index contributed by atoms with van der Waals surface area (Å²) in [5.41, 5.74) is 2.35. The molecule has 0 N–H and O–H groups in total. The van der Waals surface area contributed by atoms with Crippen LogP contribution in [-0.4, -0.2) is 12.5 Å². The predicted octanol–water partition coefficient (Wildman–Crippen LogP) is 3.87. The van der Waals surface area contributed by atoms with E-state index in [9.17, 15) is 0 Å². The lowest BCUT2D eigenvalue weighted by Gasteiger charge is -2.03. The average Bonchev–Trinajstić information content (AvgIpc) is 2.96. The van der Waals surface area contributed by atoms with Crippen molar-refractivity contribution in [2.75, 3.05) is 6.61 Å². The molecule has 1 aliphatic heterocycles. The highest BCUT2D eigenvalue weighted by Gasteiger charge is 2.18. The van der Waals surface area contributed by atoms with Crippen LogP contribution in [0.25, 0.3) is 6.08 Å². The first-order valence-corrected chi connectivity index (χ1v) is 6.40. The van der Waals surface area contributed by atoms with E-state index in [2.05, 4.69) is 29.3 Å². The highest BCUT2D eigenvalue weighted by atomic mass is 16.5. The second kappa shape index (κ2) is 5.53. The largest absolute Gasteiger partial charge is 0.475 e. The topological polar surface area (TPSA) is 21.6 Å². The fraction of sp³-hybridized carbons (Fsp3) is 0.118. The van der Waals surface area contributed by atoms with Gasteiger partial charge in [-0.1, -0.05) is 60.7 Å². The van der Waals surface area contributed by atoms with Crippen molar-refractivity contribution in [3.8, 4) is 0 Å². The summed E-state index contributed by atoms with van der Waals surface area (Å²) in [4.78, 5) is 4.58. The van der Waals surface area contributed by atoms with E-state index in [1.165, 1.54) is 5.56 Å². The Kier molecular flexibility index (Phi) is 3.41. The third kappa shape index (κ3) is 2.91. The van der Waals surface area contributed by atoms with Gasteiger partial charge < -0.3 is 4.74 Å². The molecule has 2 heteroatoms. The van der Waals surface area contributed by atoms with Gasteiger partial charge in [0.2, 0.25) is 5.90 Å². The van der Waals surface area contributed by atoms with E-state index in [4.69, 9.17) is 4.74 Å². The molecule has 0 amide bonds. The molecule has 0 radical (unpaired) electrons. The molecule has 1 aliphatic rings. The van der Waals surface area contributed by atoms with Gasteiger partial charge in [-0.2, -0.15) is 0 Å². The summed E-state index contributed by atoms with van der Waals surface area (Å²) in [6, 6.07) is 20.5. The van der Waals surface area contributed by atoms with E-state index in [1.54, 1.807) is 0 Å². The Morgan fingerprint density at radius 2 is 1.58 bits per heavy atom. The van der Waals surface area contributed by atoms with Gasteiger partial charge >= 0.3 is 0 Å². The number of rotatable bonds is 3. The maximum atomic E-state index is 5.60. The number of hydrogen-bond donors (Lipinski definition) is 0. The third-order valence-corrected chi connectivity index (χ3v) is 3.07. The van der Waals surface area contributed by atoms with Crippen molar-refractivity contribution < 1.29 is 4.74 Å². The van der Waals surface area contributed by atoms with Gasteiger partial charge in [-0.15, -0.1) is 0 Å². The molecule has 94 valence electrons. The summed E-state index contributed by atoms with van der Waals surface area (Å²) >= 11 is 0. The van der Waals surface area contributed by atoms with Crippen molar-refractivity contribution in [2.24, 2.45) is 4.99 Å². The van der Waals surface area contributed by atoms with Crippen molar-refractivity contribution in [3.63, 3.8) is 0 Å². The molecule has 0 aliphatic carbocycles. The molecule has 1 heterocycles. The number of hydrogen-bond acceptors (Lipinski definition) is 2. The Balaban J connectivity index is 1.72. The van der Waals surface area contributed by atoms with E-state index < -0.39 is 0 Å². The first-order chi connectivity index (χ1) is 9.42. The Bertz CT molecular complexity index is 587. The summed E-state index contributed by atoms with van der Waals surface area (Å²) in [7, 11) is 0. The Hall–Kier alpha value is -2.35. The van der Waals surface area contributed by atoms with Gasteiger partial charge in [0.1, 0.15) is 12.6 Å². The van der Waals surface area contributed by atoms with E-state index in [-0.39, 0.29) is 6.04 Å². The summed E-state index contributed by atoms with van der Waals surface area (Å²) < 4.78 is 5.60. The number of ether oxygens (including phenoxy) is 1. The predicted molar refractivity (Wildman–Crippen MR) is 78.0 cm³/mol. The molecular weight excluding hydrogens is 234 g/mol. The maximum Gasteiger partial charge on any atom is 0.209 e. The van der Waals surface area contributed by atoms with Crippen LogP contribution in [0.1, 0.15) is 17.2 Å². The lowest BCUT2D eigenvalue weighted by atomic mass is 10.1. The summed E-state index contributed by atoms with van der Waals surface area (Å²) in [6.45, 7) is 0.623. The van der Waals surface area contributed by atoms with Crippen molar-refractivity contribution in [1.29, 1.82) is 0 Å².